The van der Waals surface area contributed by atoms with Gasteiger partial charge in [0.1, 0.15) is 10.3 Å². The monoisotopic (exact) mass is 577 g/mol. The van der Waals surface area contributed by atoms with Crippen LogP contribution < -0.4 is 10.6 Å². The molecule has 12 heteroatoms. The number of fused-ring (bicyclic) bond motifs is 1. The second kappa shape index (κ2) is 9.23. The summed E-state index contributed by atoms with van der Waals surface area (Å²) in [6.45, 7) is 3.86. The van der Waals surface area contributed by atoms with Crippen molar-refractivity contribution >= 4 is 66.5 Å². The van der Waals surface area contributed by atoms with Crippen molar-refractivity contribution in [3.8, 4) is 5.82 Å². The molecule has 0 saturated heterocycles. The van der Waals surface area contributed by atoms with Crippen LogP contribution in [0.15, 0.2) is 64.5 Å². The van der Waals surface area contributed by atoms with Gasteiger partial charge in [-0.15, -0.1) is 6.58 Å². The van der Waals surface area contributed by atoms with E-state index in [0.717, 1.165) is 0 Å². The largest absolute Gasteiger partial charge is 0.347 e. The summed E-state index contributed by atoms with van der Waals surface area (Å²) >= 11 is 13.0. The highest BCUT2D eigenvalue weighted by Gasteiger charge is 2.24. The van der Waals surface area contributed by atoms with Crippen LogP contribution in [-0.4, -0.2) is 42.7 Å². The number of pyridine rings is 2. The van der Waals surface area contributed by atoms with Gasteiger partial charge in [0.2, 0.25) is 0 Å². The van der Waals surface area contributed by atoms with Crippen LogP contribution in [0.2, 0.25) is 5.02 Å². The van der Waals surface area contributed by atoms with E-state index in [0.29, 0.717) is 19.6 Å². The van der Waals surface area contributed by atoms with E-state index in [1.165, 1.54) is 15.3 Å². The fourth-order valence-corrected chi connectivity index (χ4v) is 4.09. The zero-order valence-corrected chi connectivity index (χ0v) is 20.1. The van der Waals surface area contributed by atoms with Gasteiger partial charge in [0, 0.05) is 23.3 Å². The molecule has 4 heterocycles. The first-order chi connectivity index (χ1) is 15.4. The highest BCUT2D eigenvalue weighted by Crippen LogP contribution is 2.30. The summed E-state index contributed by atoms with van der Waals surface area (Å²) in [6, 6.07) is 8.34. The molecule has 9 nitrogen and oxygen atoms in total. The van der Waals surface area contributed by atoms with Crippen molar-refractivity contribution < 1.29 is 9.59 Å². The lowest BCUT2D eigenvalue weighted by Crippen LogP contribution is -2.28. The summed E-state index contributed by atoms with van der Waals surface area (Å²) in [5.41, 5.74) is 1.22. The smallest absolute Gasteiger partial charge is 0.274 e. The van der Waals surface area contributed by atoms with Crippen LogP contribution in [0.3, 0.4) is 0 Å². The van der Waals surface area contributed by atoms with E-state index in [4.69, 9.17) is 11.6 Å². The molecule has 0 fully saturated rings. The van der Waals surface area contributed by atoms with Crippen LogP contribution in [0.25, 0.3) is 11.3 Å². The number of aromatic nitrogens is 5. The number of carbonyl (C=O) groups is 2. The van der Waals surface area contributed by atoms with Crippen molar-refractivity contribution in [1.29, 1.82) is 0 Å². The number of nitrogens with zero attached hydrogens (tertiary/aromatic N) is 5. The maximum atomic E-state index is 13.3. The molecule has 32 heavy (non-hydrogen) atoms. The normalized spacial score (nSPS) is 10.8. The van der Waals surface area contributed by atoms with Gasteiger partial charge in [0.25, 0.3) is 11.8 Å². The summed E-state index contributed by atoms with van der Waals surface area (Å²) in [5.74, 6) is -0.678. The number of anilines is 1. The Hall–Kier alpha value is -3.02. The summed E-state index contributed by atoms with van der Waals surface area (Å²) in [4.78, 5) is 30.4. The van der Waals surface area contributed by atoms with Crippen LogP contribution in [0.4, 0.5) is 5.69 Å². The second-order valence-electron chi connectivity index (χ2n) is 6.41. The number of hydrogen-bond acceptors (Lipinski definition) is 5. The average molecular weight is 580 g/mol. The number of nitrogens with one attached hydrogen (secondary N) is 2. The van der Waals surface area contributed by atoms with E-state index < -0.39 is 11.8 Å². The molecule has 0 radical (unpaired) electrons. The predicted molar refractivity (Wildman–Crippen MR) is 127 cm³/mol. The zero-order valence-electron chi connectivity index (χ0n) is 16.2. The molecule has 2 N–H and O–H groups in total. The van der Waals surface area contributed by atoms with E-state index >= 15 is 0 Å². The van der Waals surface area contributed by atoms with Crippen LogP contribution in [0.5, 0.6) is 0 Å². The predicted octanol–water partition coefficient (Wildman–Crippen LogP) is 4.26. The van der Waals surface area contributed by atoms with Crippen LogP contribution in [-0.2, 0) is 0 Å². The Kier molecular flexibility index (Phi) is 6.40. The van der Waals surface area contributed by atoms with E-state index in [1.54, 1.807) is 42.7 Å². The lowest BCUT2D eigenvalue weighted by Gasteiger charge is -2.15. The SMILES string of the molecule is C=CCNC(=O)c1c(NC(=O)c2cc(Br)nn2-c2ncccc2Cl)c(Br)cc2ccnn12. The Morgan fingerprint density at radius 2 is 2.00 bits per heavy atom. The highest BCUT2D eigenvalue weighted by molar-refractivity contribution is 9.10. The fourth-order valence-electron chi connectivity index (χ4n) is 2.99. The molecule has 0 atom stereocenters. The molecule has 0 aliphatic rings. The molecular formula is C20H14Br2ClN7O2. The molecular weight excluding hydrogens is 566 g/mol. The number of halogens is 3. The van der Waals surface area contributed by atoms with E-state index in [1.807, 2.05) is 0 Å². The summed E-state index contributed by atoms with van der Waals surface area (Å²) in [5, 5.41) is 14.3. The van der Waals surface area contributed by atoms with Gasteiger partial charge in [-0.1, -0.05) is 17.7 Å². The first-order valence-electron chi connectivity index (χ1n) is 9.14. The molecule has 2 amide bonds. The molecule has 0 aliphatic carbocycles. The van der Waals surface area contributed by atoms with Gasteiger partial charge in [-0.05, 0) is 56.1 Å². The van der Waals surface area contributed by atoms with Crippen molar-refractivity contribution in [3.63, 3.8) is 0 Å². The van der Waals surface area contributed by atoms with Gasteiger partial charge in [-0.3, -0.25) is 9.59 Å². The lowest BCUT2D eigenvalue weighted by molar-refractivity contribution is 0.0951. The minimum atomic E-state index is -0.533. The number of hydrogen-bond donors (Lipinski definition) is 2. The van der Waals surface area contributed by atoms with Gasteiger partial charge < -0.3 is 10.6 Å². The minimum Gasteiger partial charge on any atom is -0.347 e. The summed E-state index contributed by atoms with van der Waals surface area (Å²) in [7, 11) is 0. The Morgan fingerprint density at radius 3 is 2.75 bits per heavy atom. The van der Waals surface area contributed by atoms with Gasteiger partial charge >= 0.3 is 0 Å². The second-order valence-corrected chi connectivity index (χ2v) is 8.48. The molecule has 4 aromatic heterocycles. The third kappa shape index (κ3) is 4.18. The van der Waals surface area contributed by atoms with E-state index in [-0.39, 0.29) is 29.4 Å². The maximum Gasteiger partial charge on any atom is 0.274 e. The van der Waals surface area contributed by atoms with E-state index in [9.17, 15) is 9.59 Å². The van der Waals surface area contributed by atoms with Gasteiger partial charge in [-0.25, -0.2) is 14.2 Å². The fraction of sp³-hybridized carbons (Fsp3) is 0.0500. The third-order valence-corrected chi connectivity index (χ3v) is 5.65. The first-order valence-corrected chi connectivity index (χ1v) is 11.1. The molecule has 4 aromatic rings. The molecule has 0 spiro atoms. The molecule has 4 rings (SSSR count). The molecule has 0 bridgehead atoms. The van der Waals surface area contributed by atoms with Crippen molar-refractivity contribution in [1.82, 2.24) is 29.7 Å². The number of rotatable bonds is 6. The lowest BCUT2D eigenvalue weighted by atomic mass is 10.2. The van der Waals surface area contributed by atoms with Crippen LogP contribution in [0, 0.1) is 0 Å². The minimum absolute atomic E-state index is 0.149. The van der Waals surface area contributed by atoms with Gasteiger partial charge in [0.15, 0.2) is 11.5 Å². The third-order valence-electron chi connectivity index (χ3n) is 4.35. The highest BCUT2D eigenvalue weighted by atomic mass is 79.9. The molecule has 0 saturated carbocycles. The molecule has 162 valence electrons. The van der Waals surface area contributed by atoms with Crippen LogP contribution >= 0.6 is 43.5 Å². The Labute approximate surface area is 203 Å². The van der Waals surface area contributed by atoms with E-state index in [2.05, 4.69) is 64.3 Å². The average Bonchev–Trinajstić information content (AvgIpc) is 3.38. The molecule has 0 aromatic carbocycles. The van der Waals surface area contributed by atoms with Crippen molar-refractivity contribution in [2.45, 2.75) is 0 Å². The van der Waals surface area contributed by atoms with Crippen molar-refractivity contribution in [3.05, 3.63) is 80.9 Å². The Balaban J connectivity index is 1.79. The Bertz CT molecular complexity index is 1370. The number of amides is 2. The zero-order chi connectivity index (χ0) is 22.8. The standard InChI is InChI=1S/C20H14Br2ClN7O2/c1-2-6-25-20(32)17-16(12(21)9-11-5-8-26-29(11)17)27-19(31)14-10-15(22)28-30(14)18-13(23)4-3-7-24-18/h2-5,7-10H,1,6H2,(H,25,32)(H,27,31). The van der Waals surface area contributed by atoms with Crippen LogP contribution in [0.1, 0.15) is 21.0 Å². The maximum absolute atomic E-state index is 13.3. The van der Waals surface area contributed by atoms with Crippen molar-refractivity contribution in [2.24, 2.45) is 0 Å². The first kappa shape index (κ1) is 22.2. The molecule has 0 unspecified atom stereocenters. The Morgan fingerprint density at radius 1 is 1.19 bits per heavy atom. The summed E-state index contributed by atoms with van der Waals surface area (Å²) in [6.07, 6.45) is 4.66. The van der Waals surface area contributed by atoms with Crippen molar-refractivity contribution in [2.75, 3.05) is 11.9 Å². The quantitative estimate of drug-likeness (QED) is 0.332. The topological polar surface area (TPSA) is 106 Å². The molecule has 0 aliphatic heterocycles. The number of carbonyl (C=O) groups excluding carboxylic acids is 2. The van der Waals surface area contributed by atoms with Gasteiger partial charge in [-0.2, -0.15) is 10.2 Å². The summed E-state index contributed by atoms with van der Waals surface area (Å²) < 4.78 is 3.68. The van der Waals surface area contributed by atoms with Gasteiger partial charge in [0.05, 0.1) is 22.4 Å².